The Morgan fingerprint density at radius 1 is 1.33 bits per heavy atom. The summed E-state index contributed by atoms with van der Waals surface area (Å²) in [6.07, 6.45) is -2.14. The molecular weight excluding hydrogens is 245 g/mol. The lowest BCUT2D eigenvalue weighted by Gasteiger charge is -2.37. The second-order valence-electron chi connectivity index (χ2n) is 4.88. The summed E-state index contributed by atoms with van der Waals surface area (Å²) in [7, 11) is 0. The molecule has 0 aliphatic carbocycles. The van der Waals surface area contributed by atoms with Gasteiger partial charge in [-0.2, -0.15) is 13.2 Å². The van der Waals surface area contributed by atoms with Crippen LogP contribution in [0.4, 0.5) is 18.9 Å². The van der Waals surface area contributed by atoms with Crippen LogP contribution in [0.1, 0.15) is 25.5 Å². The molecule has 0 saturated carbocycles. The Hall–Kier alpha value is -1.30. The monoisotopic (exact) mass is 260 g/mol. The van der Waals surface area contributed by atoms with Crippen LogP contribution < -0.4 is 4.90 Å². The topological polar surface area (TPSA) is 36.4 Å². The molecule has 0 radical (unpaired) electrons. The number of alkyl halides is 3. The van der Waals surface area contributed by atoms with Crippen molar-refractivity contribution >= 4 is 5.69 Å². The van der Waals surface area contributed by atoms with Gasteiger partial charge in [0, 0.05) is 25.0 Å². The summed E-state index contributed by atoms with van der Waals surface area (Å²) < 4.78 is 37.6. The highest BCUT2D eigenvalue weighted by molar-refractivity contribution is 5.47. The zero-order chi connectivity index (χ0) is 13.4. The number of piperidine rings is 1. The van der Waals surface area contributed by atoms with Gasteiger partial charge in [0.25, 0.3) is 0 Å². The molecule has 0 amide bonds. The average molecular weight is 260 g/mol. The number of pyridine rings is 1. The minimum Gasteiger partial charge on any atom is -0.390 e. The second-order valence-corrected chi connectivity index (χ2v) is 4.88. The molecule has 0 bridgehead atoms. The number of anilines is 1. The largest absolute Gasteiger partial charge is 0.433 e. The number of aromatic nitrogens is 1. The van der Waals surface area contributed by atoms with Crippen molar-refractivity contribution < 1.29 is 18.3 Å². The molecule has 1 aliphatic rings. The molecule has 3 nitrogen and oxygen atoms in total. The first kappa shape index (κ1) is 13.1. The molecule has 2 heterocycles. The molecule has 1 N–H and O–H groups in total. The normalized spacial score (nSPS) is 19.9. The van der Waals surface area contributed by atoms with E-state index in [1.54, 1.807) is 13.0 Å². The van der Waals surface area contributed by atoms with E-state index in [9.17, 15) is 18.3 Å². The third kappa shape index (κ3) is 2.93. The highest BCUT2D eigenvalue weighted by Gasteiger charge is 2.33. The van der Waals surface area contributed by atoms with Crippen molar-refractivity contribution in [3.05, 3.63) is 24.0 Å². The number of hydrogen-bond donors (Lipinski definition) is 1. The van der Waals surface area contributed by atoms with Crippen molar-refractivity contribution in [2.24, 2.45) is 0 Å². The third-order valence-corrected chi connectivity index (χ3v) is 3.24. The lowest BCUT2D eigenvalue weighted by Crippen LogP contribution is -2.42. The van der Waals surface area contributed by atoms with Crippen molar-refractivity contribution in [2.45, 2.75) is 31.5 Å². The Balaban J connectivity index is 2.15. The van der Waals surface area contributed by atoms with Crippen LogP contribution in [-0.2, 0) is 6.18 Å². The Morgan fingerprint density at radius 3 is 2.50 bits per heavy atom. The van der Waals surface area contributed by atoms with Gasteiger partial charge < -0.3 is 10.0 Å². The summed E-state index contributed by atoms with van der Waals surface area (Å²) in [5.74, 6) is 0. The number of nitrogens with zero attached hydrogens (tertiary/aromatic N) is 2. The summed E-state index contributed by atoms with van der Waals surface area (Å²) in [4.78, 5) is 5.18. The van der Waals surface area contributed by atoms with Crippen LogP contribution in [0.3, 0.4) is 0 Å². The van der Waals surface area contributed by atoms with Crippen LogP contribution in [0.15, 0.2) is 18.3 Å². The standard InChI is InChI=1S/C12H15F3N2O/c1-11(18)3-6-17(7-4-11)9-2-5-16-10(8-9)12(13,14)15/h2,5,8,18H,3-4,6-7H2,1H3. The van der Waals surface area contributed by atoms with E-state index in [2.05, 4.69) is 4.98 Å². The molecule has 0 unspecified atom stereocenters. The molecule has 0 aromatic carbocycles. The fourth-order valence-corrected chi connectivity index (χ4v) is 2.02. The van der Waals surface area contributed by atoms with Crippen LogP contribution in [0.2, 0.25) is 0 Å². The number of halogens is 3. The molecule has 1 aliphatic heterocycles. The molecule has 0 spiro atoms. The maximum atomic E-state index is 12.5. The van der Waals surface area contributed by atoms with Gasteiger partial charge in [-0.1, -0.05) is 0 Å². The van der Waals surface area contributed by atoms with E-state index >= 15 is 0 Å². The zero-order valence-corrected chi connectivity index (χ0v) is 10.0. The van der Waals surface area contributed by atoms with E-state index in [-0.39, 0.29) is 0 Å². The summed E-state index contributed by atoms with van der Waals surface area (Å²) in [6.45, 7) is 2.85. The fourth-order valence-electron chi connectivity index (χ4n) is 2.02. The van der Waals surface area contributed by atoms with E-state index in [4.69, 9.17) is 0 Å². The minimum atomic E-state index is -4.42. The van der Waals surface area contributed by atoms with Crippen LogP contribution in [0.5, 0.6) is 0 Å². The van der Waals surface area contributed by atoms with Crippen molar-refractivity contribution in [1.29, 1.82) is 0 Å². The van der Waals surface area contributed by atoms with Crippen LogP contribution in [-0.4, -0.2) is 28.8 Å². The lowest BCUT2D eigenvalue weighted by atomic mass is 9.93. The molecule has 1 fully saturated rings. The first-order valence-electron chi connectivity index (χ1n) is 5.78. The maximum absolute atomic E-state index is 12.5. The van der Waals surface area contributed by atoms with Gasteiger partial charge in [0.2, 0.25) is 0 Å². The molecular formula is C12H15F3N2O. The minimum absolute atomic E-state index is 0.507. The van der Waals surface area contributed by atoms with E-state index in [1.807, 2.05) is 4.90 Å². The van der Waals surface area contributed by atoms with Gasteiger partial charge in [-0.25, -0.2) is 0 Å². The first-order valence-corrected chi connectivity index (χ1v) is 5.78. The quantitative estimate of drug-likeness (QED) is 0.842. The third-order valence-electron chi connectivity index (χ3n) is 3.24. The van der Waals surface area contributed by atoms with Crippen LogP contribution in [0.25, 0.3) is 0 Å². The molecule has 18 heavy (non-hydrogen) atoms. The Labute approximate surface area is 103 Å². The van der Waals surface area contributed by atoms with Crippen molar-refractivity contribution in [1.82, 2.24) is 4.98 Å². The zero-order valence-electron chi connectivity index (χ0n) is 10.0. The van der Waals surface area contributed by atoms with E-state index < -0.39 is 17.5 Å². The molecule has 2 rings (SSSR count). The van der Waals surface area contributed by atoms with Crippen molar-refractivity contribution in [3.8, 4) is 0 Å². The molecule has 0 atom stereocenters. The van der Waals surface area contributed by atoms with Gasteiger partial charge in [0.05, 0.1) is 5.60 Å². The average Bonchev–Trinajstić information content (AvgIpc) is 2.28. The van der Waals surface area contributed by atoms with Gasteiger partial charge in [-0.3, -0.25) is 4.98 Å². The summed E-state index contributed by atoms with van der Waals surface area (Å²) in [5, 5.41) is 9.80. The predicted molar refractivity (Wildman–Crippen MR) is 61.3 cm³/mol. The SMILES string of the molecule is CC1(O)CCN(c2ccnc(C(F)(F)F)c2)CC1. The van der Waals surface area contributed by atoms with Gasteiger partial charge in [-0.15, -0.1) is 0 Å². The van der Waals surface area contributed by atoms with Gasteiger partial charge >= 0.3 is 6.18 Å². The second kappa shape index (κ2) is 4.42. The van der Waals surface area contributed by atoms with Crippen LogP contribution in [0, 0.1) is 0 Å². The number of hydrogen-bond acceptors (Lipinski definition) is 3. The molecule has 1 aromatic heterocycles. The summed E-state index contributed by atoms with van der Waals surface area (Å²) >= 11 is 0. The van der Waals surface area contributed by atoms with Gasteiger partial charge in [-0.05, 0) is 31.9 Å². The summed E-state index contributed by atoms with van der Waals surface area (Å²) in [6, 6.07) is 2.62. The highest BCUT2D eigenvalue weighted by atomic mass is 19.4. The summed E-state index contributed by atoms with van der Waals surface area (Å²) in [5.41, 5.74) is -1.08. The molecule has 100 valence electrons. The Kier molecular flexibility index (Phi) is 3.23. The van der Waals surface area contributed by atoms with Gasteiger partial charge in [0.15, 0.2) is 0 Å². The number of aliphatic hydroxyl groups is 1. The van der Waals surface area contributed by atoms with E-state index in [0.717, 1.165) is 6.07 Å². The van der Waals surface area contributed by atoms with E-state index in [1.165, 1.54) is 6.20 Å². The fraction of sp³-hybridized carbons (Fsp3) is 0.583. The first-order chi connectivity index (χ1) is 8.28. The van der Waals surface area contributed by atoms with Crippen molar-refractivity contribution in [2.75, 3.05) is 18.0 Å². The Bertz CT molecular complexity index is 422. The Morgan fingerprint density at radius 2 is 1.94 bits per heavy atom. The van der Waals surface area contributed by atoms with Gasteiger partial charge in [0.1, 0.15) is 5.69 Å². The predicted octanol–water partition coefficient (Wildman–Crippen LogP) is 2.45. The molecule has 1 saturated heterocycles. The van der Waals surface area contributed by atoms with Crippen LogP contribution >= 0.6 is 0 Å². The molecule has 1 aromatic rings. The number of rotatable bonds is 1. The van der Waals surface area contributed by atoms with E-state index in [0.29, 0.717) is 31.6 Å². The molecule has 6 heteroatoms. The lowest BCUT2D eigenvalue weighted by molar-refractivity contribution is -0.141. The highest BCUT2D eigenvalue weighted by Crippen LogP contribution is 2.31. The smallest absolute Gasteiger partial charge is 0.390 e. The van der Waals surface area contributed by atoms with Crippen molar-refractivity contribution in [3.63, 3.8) is 0 Å². The maximum Gasteiger partial charge on any atom is 0.433 e.